The Morgan fingerprint density at radius 3 is 3.38 bits per heavy atom. The summed E-state index contributed by atoms with van der Waals surface area (Å²) >= 11 is 0. The van der Waals surface area contributed by atoms with Crippen molar-refractivity contribution < 1.29 is 9.05 Å². The van der Waals surface area contributed by atoms with Crippen LogP contribution in [0.1, 0.15) is 0 Å². The third-order valence-corrected chi connectivity index (χ3v) is 0.889. The van der Waals surface area contributed by atoms with Crippen LogP contribution in [-0.2, 0) is 0 Å². The lowest BCUT2D eigenvalue weighted by molar-refractivity contribution is 0.407. The van der Waals surface area contributed by atoms with E-state index in [2.05, 4.69) is 19.4 Å². The highest BCUT2D eigenvalue weighted by molar-refractivity contribution is 5.68. The second-order valence-electron chi connectivity index (χ2n) is 1.39. The van der Waals surface area contributed by atoms with Gasteiger partial charge in [-0.05, 0) is 0 Å². The molecule has 0 radical (unpaired) electrons. The summed E-state index contributed by atoms with van der Waals surface area (Å²) in [5, 5.41) is 7.01. The zero-order valence-corrected chi connectivity index (χ0v) is 3.87. The molecule has 0 saturated carbocycles. The average molecular weight is 110 g/mol. The SMILES string of the molecule is c1noc2conc12. The smallest absolute Gasteiger partial charge is 0.226 e. The molecule has 0 unspecified atom stereocenters. The first-order valence-corrected chi connectivity index (χ1v) is 2.11. The molecule has 0 bridgehead atoms. The number of nitrogens with zero attached hydrogens (tertiary/aromatic N) is 2. The van der Waals surface area contributed by atoms with Crippen molar-refractivity contribution in [3.8, 4) is 0 Å². The fraction of sp³-hybridized carbons (Fsp3) is 0. The standard InChI is InChI=1S/C4H2N2O2/c1-3-4(8-5-1)2-7-6-3/h1-2H. The molecule has 0 atom stereocenters. The lowest BCUT2D eigenvalue weighted by Crippen LogP contribution is -1.52. The molecule has 0 aliphatic carbocycles. The molecule has 0 aromatic carbocycles. The van der Waals surface area contributed by atoms with Crippen molar-refractivity contribution in [2.24, 2.45) is 0 Å². The molecule has 0 amide bonds. The van der Waals surface area contributed by atoms with E-state index in [0.717, 1.165) is 0 Å². The van der Waals surface area contributed by atoms with Crippen LogP contribution >= 0.6 is 0 Å². The molecule has 2 aromatic rings. The Balaban J connectivity index is 3.06. The van der Waals surface area contributed by atoms with Gasteiger partial charge in [-0.2, -0.15) is 0 Å². The fourth-order valence-corrected chi connectivity index (χ4v) is 0.525. The normalized spacial score (nSPS) is 10.5. The molecule has 0 aliphatic heterocycles. The van der Waals surface area contributed by atoms with Crippen LogP contribution in [0.25, 0.3) is 11.1 Å². The number of hydrogen-bond acceptors (Lipinski definition) is 4. The monoisotopic (exact) mass is 110 g/mol. The molecule has 4 heteroatoms. The summed E-state index contributed by atoms with van der Waals surface area (Å²) in [6, 6.07) is 0. The first-order chi connectivity index (χ1) is 3.97. The van der Waals surface area contributed by atoms with Crippen LogP contribution in [0.3, 0.4) is 0 Å². The van der Waals surface area contributed by atoms with Crippen molar-refractivity contribution in [3.63, 3.8) is 0 Å². The Kier molecular flexibility index (Phi) is 0.498. The van der Waals surface area contributed by atoms with Crippen LogP contribution < -0.4 is 0 Å². The molecule has 0 spiro atoms. The van der Waals surface area contributed by atoms with Gasteiger partial charge in [-0.25, -0.2) is 0 Å². The quantitative estimate of drug-likeness (QED) is 0.503. The molecule has 2 rings (SSSR count). The van der Waals surface area contributed by atoms with Gasteiger partial charge in [0, 0.05) is 0 Å². The Bertz CT molecular complexity index is 233. The maximum Gasteiger partial charge on any atom is 0.226 e. The minimum atomic E-state index is 0.588. The Labute approximate surface area is 44.0 Å². The largest absolute Gasteiger partial charge is 0.360 e. The Morgan fingerprint density at radius 1 is 1.50 bits per heavy atom. The third-order valence-electron chi connectivity index (χ3n) is 0.889. The van der Waals surface area contributed by atoms with E-state index in [-0.39, 0.29) is 0 Å². The lowest BCUT2D eigenvalue weighted by atomic mass is 10.6. The van der Waals surface area contributed by atoms with Crippen molar-refractivity contribution in [1.82, 2.24) is 10.3 Å². The predicted molar refractivity (Wildman–Crippen MR) is 24.1 cm³/mol. The highest BCUT2D eigenvalue weighted by Crippen LogP contribution is 2.07. The van der Waals surface area contributed by atoms with Crippen molar-refractivity contribution in [1.29, 1.82) is 0 Å². The van der Waals surface area contributed by atoms with Gasteiger partial charge in [-0.3, -0.25) is 0 Å². The molecule has 4 nitrogen and oxygen atoms in total. The molecule has 2 aromatic heterocycles. The van der Waals surface area contributed by atoms with Gasteiger partial charge < -0.3 is 9.05 Å². The van der Waals surface area contributed by atoms with Crippen molar-refractivity contribution >= 4 is 11.1 Å². The van der Waals surface area contributed by atoms with E-state index in [1.54, 1.807) is 0 Å². The lowest BCUT2D eigenvalue weighted by Gasteiger charge is -1.58. The first-order valence-electron chi connectivity index (χ1n) is 2.11. The Morgan fingerprint density at radius 2 is 2.50 bits per heavy atom. The van der Waals surface area contributed by atoms with E-state index >= 15 is 0 Å². The summed E-state index contributed by atoms with van der Waals surface area (Å²) in [5.41, 5.74) is 1.25. The van der Waals surface area contributed by atoms with Gasteiger partial charge >= 0.3 is 0 Å². The third kappa shape index (κ3) is 0.294. The predicted octanol–water partition coefficient (Wildman–Crippen LogP) is 0.816. The van der Waals surface area contributed by atoms with Gasteiger partial charge in [0.15, 0.2) is 11.8 Å². The molecule has 0 saturated heterocycles. The maximum absolute atomic E-state index is 4.65. The molecule has 2 heterocycles. The van der Waals surface area contributed by atoms with Crippen LogP contribution in [0.15, 0.2) is 21.5 Å². The number of aromatic nitrogens is 2. The molecule has 0 N–H and O–H groups in total. The minimum absolute atomic E-state index is 0.588. The van der Waals surface area contributed by atoms with Crippen LogP contribution in [0.2, 0.25) is 0 Å². The first kappa shape index (κ1) is 3.65. The van der Waals surface area contributed by atoms with E-state index in [0.29, 0.717) is 11.1 Å². The van der Waals surface area contributed by atoms with Crippen molar-refractivity contribution in [2.45, 2.75) is 0 Å². The highest BCUT2D eigenvalue weighted by atomic mass is 16.5. The van der Waals surface area contributed by atoms with Gasteiger partial charge in [-0.1, -0.05) is 10.3 Å². The molecular formula is C4H2N2O2. The summed E-state index contributed by atoms with van der Waals surface area (Å²) in [5.74, 6) is 0. The summed E-state index contributed by atoms with van der Waals surface area (Å²) < 4.78 is 9.17. The Hall–Kier alpha value is -1.32. The fourth-order valence-electron chi connectivity index (χ4n) is 0.525. The summed E-state index contributed by atoms with van der Waals surface area (Å²) in [7, 11) is 0. The number of rotatable bonds is 0. The van der Waals surface area contributed by atoms with Crippen LogP contribution in [0, 0.1) is 0 Å². The highest BCUT2D eigenvalue weighted by Gasteiger charge is 1.98. The zero-order valence-electron chi connectivity index (χ0n) is 3.87. The van der Waals surface area contributed by atoms with Crippen LogP contribution in [0.4, 0.5) is 0 Å². The van der Waals surface area contributed by atoms with E-state index in [4.69, 9.17) is 0 Å². The van der Waals surface area contributed by atoms with E-state index < -0.39 is 0 Å². The molecule has 40 valence electrons. The van der Waals surface area contributed by atoms with Gasteiger partial charge in [0.25, 0.3) is 0 Å². The molecule has 0 fully saturated rings. The van der Waals surface area contributed by atoms with Crippen molar-refractivity contribution in [3.05, 3.63) is 12.5 Å². The van der Waals surface area contributed by atoms with Gasteiger partial charge in [0.2, 0.25) is 5.58 Å². The summed E-state index contributed by atoms with van der Waals surface area (Å²) in [4.78, 5) is 0. The average Bonchev–Trinajstić information content (AvgIpc) is 2.15. The molecular weight excluding hydrogens is 108 g/mol. The van der Waals surface area contributed by atoms with E-state index in [1.807, 2.05) is 0 Å². The topological polar surface area (TPSA) is 52.1 Å². The zero-order chi connectivity index (χ0) is 5.40. The second kappa shape index (κ2) is 1.09. The van der Waals surface area contributed by atoms with Crippen molar-refractivity contribution in [2.75, 3.05) is 0 Å². The van der Waals surface area contributed by atoms with E-state index in [9.17, 15) is 0 Å². The summed E-state index contributed by atoms with van der Waals surface area (Å²) in [6.45, 7) is 0. The van der Waals surface area contributed by atoms with E-state index in [1.165, 1.54) is 12.5 Å². The second-order valence-corrected chi connectivity index (χ2v) is 1.39. The van der Waals surface area contributed by atoms with Crippen LogP contribution in [0.5, 0.6) is 0 Å². The molecule has 0 aliphatic rings. The minimum Gasteiger partial charge on any atom is -0.360 e. The van der Waals surface area contributed by atoms with Gasteiger partial charge in [0.05, 0.1) is 0 Å². The number of fused-ring (bicyclic) bond motifs is 1. The number of hydrogen-bond donors (Lipinski definition) is 0. The molecule has 8 heavy (non-hydrogen) atoms. The maximum atomic E-state index is 4.65. The van der Waals surface area contributed by atoms with Gasteiger partial charge in [-0.15, -0.1) is 0 Å². The van der Waals surface area contributed by atoms with Crippen LogP contribution in [-0.4, -0.2) is 10.3 Å². The summed E-state index contributed by atoms with van der Waals surface area (Å²) in [6.07, 6.45) is 2.90. The van der Waals surface area contributed by atoms with Gasteiger partial charge in [0.1, 0.15) is 6.20 Å².